The molecular formula is C27H50N4O3. The van der Waals surface area contributed by atoms with Crippen molar-refractivity contribution in [2.75, 3.05) is 26.2 Å². The van der Waals surface area contributed by atoms with Gasteiger partial charge >= 0.3 is 0 Å². The molecule has 0 bridgehead atoms. The van der Waals surface area contributed by atoms with Gasteiger partial charge in [0, 0.05) is 44.7 Å². The van der Waals surface area contributed by atoms with Crippen LogP contribution in [0.2, 0.25) is 0 Å². The lowest BCUT2D eigenvalue weighted by Crippen LogP contribution is -2.62. The molecule has 2 aliphatic heterocycles. The van der Waals surface area contributed by atoms with Gasteiger partial charge in [-0.1, -0.05) is 27.7 Å². The molecule has 2 atom stereocenters. The van der Waals surface area contributed by atoms with E-state index >= 15 is 0 Å². The molecule has 2 fully saturated rings. The van der Waals surface area contributed by atoms with Gasteiger partial charge in [-0.25, -0.2) is 0 Å². The maximum Gasteiger partial charge on any atom is 0.245 e. The molecule has 0 saturated carbocycles. The van der Waals surface area contributed by atoms with Crippen molar-refractivity contribution < 1.29 is 14.4 Å². The standard InChI is InChI=1S/C27H50N4O3/c1-18(2)15-23-26(33)30(14-11-28-23)24(16-19(3)4)27(34)29-12-9-22(10-13-29)17-25(32)31(20(5)6)21(7)8/h18-24,28H,9-17H2,1-8H3/t23-,24-/m0/s1. The van der Waals surface area contributed by atoms with E-state index < -0.39 is 0 Å². The summed E-state index contributed by atoms with van der Waals surface area (Å²) in [5.41, 5.74) is 0. The van der Waals surface area contributed by atoms with Gasteiger partial charge < -0.3 is 20.0 Å². The zero-order valence-corrected chi connectivity index (χ0v) is 23.0. The normalized spacial score (nSPS) is 21.2. The van der Waals surface area contributed by atoms with Gasteiger partial charge in [-0.15, -0.1) is 0 Å². The maximum atomic E-state index is 13.7. The summed E-state index contributed by atoms with van der Waals surface area (Å²) in [7, 11) is 0. The van der Waals surface area contributed by atoms with Crippen molar-refractivity contribution in [1.82, 2.24) is 20.0 Å². The Balaban J connectivity index is 2.02. The fraction of sp³-hybridized carbons (Fsp3) is 0.889. The zero-order chi connectivity index (χ0) is 25.6. The molecule has 7 heteroatoms. The van der Waals surface area contributed by atoms with Crippen LogP contribution >= 0.6 is 0 Å². The van der Waals surface area contributed by atoms with E-state index in [0.717, 1.165) is 25.8 Å². The number of carbonyl (C=O) groups excluding carboxylic acids is 3. The van der Waals surface area contributed by atoms with Gasteiger partial charge in [0.1, 0.15) is 6.04 Å². The van der Waals surface area contributed by atoms with Crippen molar-refractivity contribution in [3.8, 4) is 0 Å². The highest BCUT2D eigenvalue weighted by molar-refractivity contribution is 5.90. The largest absolute Gasteiger partial charge is 0.341 e. The summed E-state index contributed by atoms with van der Waals surface area (Å²) in [6.45, 7) is 19.4. The Bertz CT molecular complexity index is 675. The van der Waals surface area contributed by atoms with E-state index in [9.17, 15) is 14.4 Å². The van der Waals surface area contributed by atoms with Crippen molar-refractivity contribution in [2.45, 2.75) is 112 Å². The highest BCUT2D eigenvalue weighted by atomic mass is 16.2. The van der Waals surface area contributed by atoms with E-state index in [0.29, 0.717) is 50.2 Å². The molecule has 0 unspecified atom stereocenters. The minimum Gasteiger partial charge on any atom is -0.341 e. The number of carbonyl (C=O) groups is 3. The van der Waals surface area contributed by atoms with E-state index in [2.05, 4.69) is 60.7 Å². The molecule has 2 rings (SSSR count). The number of piperazine rings is 1. The van der Waals surface area contributed by atoms with Crippen LogP contribution in [0.5, 0.6) is 0 Å². The van der Waals surface area contributed by atoms with Crippen LogP contribution in [0.3, 0.4) is 0 Å². The Morgan fingerprint density at radius 3 is 2.03 bits per heavy atom. The number of likely N-dealkylation sites (tertiary alicyclic amines) is 1. The van der Waals surface area contributed by atoms with Crippen LogP contribution in [0.1, 0.15) is 87.5 Å². The molecule has 34 heavy (non-hydrogen) atoms. The molecule has 3 amide bonds. The average Bonchev–Trinajstić information content (AvgIpc) is 2.73. The molecule has 0 aromatic rings. The summed E-state index contributed by atoms with van der Waals surface area (Å²) in [5, 5.41) is 3.35. The fourth-order valence-electron chi connectivity index (χ4n) is 5.62. The topological polar surface area (TPSA) is 73.0 Å². The number of amides is 3. The molecule has 2 heterocycles. The summed E-state index contributed by atoms with van der Waals surface area (Å²) in [6, 6.07) is -0.193. The SMILES string of the molecule is CC(C)C[C@@H]1NCCN([C@@H](CC(C)C)C(=O)N2CCC(CC(=O)N(C(C)C)C(C)C)CC2)C1=O. The molecule has 1 N–H and O–H groups in total. The van der Waals surface area contributed by atoms with Gasteiger partial charge in [-0.05, 0) is 71.1 Å². The van der Waals surface area contributed by atoms with Gasteiger partial charge in [-0.3, -0.25) is 14.4 Å². The number of piperidine rings is 1. The molecule has 2 saturated heterocycles. The van der Waals surface area contributed by atoms with Gasteiger partial charge in [0.05, 0.1) is 6.04 Å². The van der Waals surface area contributed by atoms with E-state index in [1.807, 2.05) is 14.7 Å². The highest BCUT2D eigenvalue weighted by Gasteiger charge is 2.39. The first-order valence-corrected chi connectivity index (χ1v) is 13.6. The van der Waals surface area contributed by atoms with Crippen molar-refractivity contribution in [1.29, 1.82) is 0 Å². The summed E-state index contributed by atoms with van der Waals surface area (Å²) < 4.78 is 0. The monoisotopic (exact) mass is 478 g/mol. The molecule has 0 aliphatic carbocycles. The van der Waals surface area contributed by atoms with Crippen molar-refractivity contribution in [3.05, 3.63) is 0 Å². The molecule has 0 aromatic carbocycles. The number of hydrogen-bond acceptors (Lipinski definition) is 4. The minimum atomic E-state index is -0.389. The fourth-order valence-corrected chi connectivity index (χ4v) is 5.62. The van der Waals surface area contributed by atoms with E-state index in [4.69, 9.17) is 0 Å². The quantitative estimate of drug-likeness (QED) is 0.521. The third kappa shape index (κ3) is 7.69. The molecule has 2 aliphatic rings. The third-order valence-corrected chi connectivity index (χ3v) is 7.18. The van der Waals surface area contributed by atoms with Crippen molar-refractivity contribution >= 4 is 17.7 Å². The minimum absolute atomic E-state index is 0.0712. The summed E-state index contributed by atoms with van der Waals surface area (Å²) in [6.07, 6.45) is 3.74. The number of rotatable bonds is 10. The summed E-state index contributed by atoms with van der Waals surface area (Å²) in [5.74, 6) is 1.44. The number of nitrogens with zero attached hydrogens (tertiary/aromatic N) is 3. The second-order valence-corrected chi connectivity index (χ2v) is 11.8. The second-order valence-electron chi connectivity index (χ2n) is 11.8. The Labute approximate surface area is 208 Å². The van der Waals surface area contributed by atoms with Crippen LogP contribution in [-0.4, -0.2) is 82.8 Å². The van der Waals surface area contributed by atoms with E-state index in [1.54, 1.807) is 0 Å². The number of hydrogen-bond donors (Lipinski definition) is 1. The highest BCUT2D eigenvalue weighted by Crippen LogP contribution is 2.26. The molecule has 7 nitrogen and oxygen atoms in total. The van der Waals surface area contributed by atoms with Crippen LogP contribution in [0.25, 0.3) is 0 Å². The molecule has 0 aromatic heterocycles. The van der Waals surface area contributed by atoms with E-state index in [1.165, 1.54) is 0 Å². The van der Waals surface area contributed by atoms with Crippen LogP contribution in [-0.2, 0) is 14.4 Å². The molecule has 196 valence electrons. The maximum absolute atomic E-state index is 13.7. The average molecular weight is 479 g/mol. The predicted molar refractivity (Wildman–Crippen MR) is 137 cm³/mol. The van der Waals surface area contributed by atoms with Crippen molar-refractivity contribution in [3.63, 3.8) is 0 Å². The van der Waals surface area contributed by atoms with Gasteiger partial charge in [0.2, 0.25) is 17.7 Å². The van der Waals surface area contributed by atoms with Crippen molar-refractivity contribution in [2.24, 2.45) is 17.8 Å². The van der Waals surface area contributed by atoms with Gasteiger partial charge in [0.15, 0.2) is 0 Å². The van der Waals surface area contributed by atoms with E-state index in [-0.39, 0.29) is 41.9 Å². The van der Waals surface area contributed by atoms with Crippen LogP contribution in [0.4, 0.5) is 0 Å². The van der Waals surface area contributed by atoms with Gasteiger partial charge in [-0.2, -0.15) is 0 Å². The first kappa shape index (κ1) is 28.6. The summed E-state index contributed by atoms with van der Waals surface area (Å²) >= 11 is 0. The lowest BCUT2D eigenvalue weighted by atomic mass is 9.91. The van der Waals surface area contributed by atoms with Crippen LogP contribution < -0.4 is 5.32 Å². The Hall–Kier alpha value is -1.63. The zero-order valence-electron chi connectivity index (χ0n) is 23.0. The second kappa shape index (κ2) is 12.9. The lowest BCUT2D eigenvalue weighted by molar-refractivity contribution is -0.150. The Morgan fingerprint density at radius 2 is 1.53 bits per heavy atom. The molecular weight excluding hydrogens is 428 g/mol. The summed E-state index contributed by atoms with van der Waals surface area (Å²) in [4.78, 5) is 45.6. The molecule has 0 spiro atoms. The van der Waals surface area contributed by atoms with Crippen LogP contribution in [0, 0.1) is 17.8 Å². The van der Waals surface area contributed by atoms with Crippen LogP contribution in [0.15, 0.2) is 0 Å². The smallest absolute Gasteiger partial charge is 0.245 e. The predicted octanol–water partition coefficient (Wildman–Crippen LogP) is 3.52. The first-order valence-electron chi connectivity index (χ1n) is 13.6. The number of nitrogens with one attached hydrogen (secondary N) is 1. The molecule has 0 radical (unpaired) electrons. The Morgan fingerprint density at radius 1 is 0.941 bits per heavy atom. The Kier molecular flexibility index (Phi) is 10.8. The first-order chi connectivity index (χ1) is 15.9. The third-order valence-electron chi connectivity index (χ3n) is 7.18. The lowest BCUT2D eigenvalue weighted by Gasteiger charge is -2.42. The van der Waals surface area contributed by atoms with Gasteiger partial charge in [0.25, 0.3) is 0 Å².